The number of nitrogens with one attached hydrogen (secondary N) is 1. The number of carbonyl (C=O) groups excluding carboxylic acids is 1. The van der Waals surface area contributed by atoms with Gasteiger partial charge in [-0.15, -0.1) is 13.2 Å². The highest BCUT2D eigenvalue weighted by Crippen LogP contribution is 2.32. The highest BCUT2D eigenvalue weighted by Gasteiger charge is 2.33. The average molecular weight is 492 g/mol. The van der Waals surface area contributed by atoms with Gasteiger partial charge >= 0.3 is 6.36 Å². The monoisotopic (exact) mass is 491 g/mol. The van der Waals surface area contributed by atoms with E-state index in [-0.39, 0.29) is 18.6 Å². The Hall–Kier alpha value is -2.86. The van der Waals surface area contributed by atoms with Gasteiger partial charge in [0.2, 0.25) is 10.0 Å². The van der Waals surface area contributed by atoms with Gasteiger partial charge in [0.15, 0.2) is 5.75 Å². The zero-order valence-corrected chi connectivity index (χ0v) is 18.5. The molecule has 0 aliphatic carbocycles. The molecule has 0 spiro atoms. The van der Waals surface area contributed by atoms with Crippen LogP contribution < -0.4 is 9.46 Å². The lowest BCUT2D eigenvalue weighted by Crippen LogP contribution is -2.48. The number of hydrogen-bond acceptors (Lipinski definition) is 5. The Kier molecular flexibility index (Phi) is 7.48. The maximum atomic E-state index is 13.0. The van der Waals surface area contributed by atoms with Crippen molar-refractivity contribution in [2.75, 3.05) is 36.7 Å². The number of sulfonamides is 1. The fourth-order valence-electron chi connectivity index (χ4n) is 3.33. The van der Waals surface area contributed by atoms with E-state index in [1.807, 2.05) is 4.72 Å². The Bertz CT molecular complexity index is 1090. The highest BCUT2D eigenvalue weighted by molar-refractivity contribution is 7.92. The molecular weight excluding hydrogens is 466 g/mol. The standard InChI is InChI=1S/C21H23F4N3O4S.H2/c1-2-33(30,31)26-18-8-5-16(13-19(18)32-21(23,24)25)20(29)28-11-9-27(10-12-28)14-15-3-6-17(22)7-4-15;/h3-8,13,26H,2,9-12,14H2,1H3;1H. The lowest BCUT2D eigenvalue weighted by Gasteiger charge is -2.35. The number of hydrogen-bond donors (Lipinski definition) is 1. The maximum Gasteiger partial charge on any atom is 0.573 e. The summed E-state index contributed by atoms with van der Waals surface area (Å²) in [6.45, 7) is 3.67. The van der Waals surface area contributed by atoms with Crippen molar-refractivity contribution in [3.8, 4) is 5.75 Å². The van der Waals surface area contributed by atoms with E-state index in [1.54, 1.807) is 12.1 Å². The average Bonchev–Trinajstić information content (AvgIpc) is 2.75. The number of anilines is 1. The highest BCUT2D eigenvalue weighted by atomic mass is 32.2. The van der Waals surface area contributed by atoms with Gasteiger partial charge < -0.3 is 9.64 Å². The predicted octanol–water partition coefficient (Wildman–Crippen LogP) is 3.69. The molecule has 33 heavy (non-hydrogen) atoms. The molecule has 1 aliphatic rings. The zero-order valence-electron chi connectivity index (χ0n) is 17.7. The minimum Gasteiger partial charge on any atom is -0.404 e. The second-order valence-corrected chi connectivity index (χ2v) is 9.47. The van der Waals surface area contributed by atoms with E-state index in [9.17, 15) is 30.8 Å². The van der Waals surface area contributed by atoms with Crippen molar-refractivity contribution < 1.29 is 36.9 Å². The summed E-state index contributed by atoms with van der Waals surface area (Å²) in [6, 6.07) is 9.33. The number of nitrogens with zero attached hydrogens (tertiary/aromatic N) is 2. The Morgan fingerprint density at radius 3 is 2.30 bits per heavy atom. The largest absolute Gasteiger partial charge is 0.573 e. The number of piperazine rings is 1. The quantitative estimate of drug-likeness (QED) is 0.598. The summed E-state index contributed by atoms with van der Waals surface area (Å²) in [5.41, 5.74) is 0.464. The summed E-state index contributed by atoms with van der Waals surface area (Å²) < 4.78 is 81.1. The van der Waals surface area contributed by atoms with Crippen molar-refractivity contribution in [2.45, 2.75) is 19.8 Å². The lowest BCUT2D eigenvalue weighted by atomic mass is 10.1. The molecule has 0 aromatic heterocycles. The van der Waals surface area contributed by atoms with Gasteiger partial charge in [0.05, 0.1) is 11.4 Å². The normalized spacial score (nSPS) is 15.4. The zero-order chi connectivity index (χ0) is 24.2. The van der Waals surface area contributed by atoms with Gasteiger partial charge in [-0.05, 0) is 42.8 Å². The van der Waals surface area contributed by atoms with Gasteiger partial charge in [-0.25, -0.2) is 12.8 Å². The van der Waals surface area contributed by atoms with Gasteiger partial charge in [0.1, 0.15) is 5.82 Å². The molecule has 0 unspecified atom stereocenters. The Balaban J connectivity index is 0.00000408. The molecule has 3 rings (SSSR count). The van der Waals surface area contributed by atoms with Crippen LogP contribution in [0.15, 0.2) is 42.5 Å². The number of ether oxygens (including phenoxy) is 1. The smallest absolute Gasteiger partial charge is 0.404 e. The van der Waals surface area contributed by atoms with E-state index in [1.165, 1.54) is 30.0 Å². The summed E-state index contributed by atoms with van der Waals surface area (Å²) in [5, 5.41) is 0. The number of amides is 1. The molecule has 0 bridgehead atoms. The predicted molar refractivity (Wildman–Crippen MR) is 116 cm³/mol. The minimum absolute atomic E-state index is 0. The van der Waals surface area contributed by atoms with Crippen LogP contribution in [0, 0.1) is 5.82 Å². The van der Waals surface area contributed by atoms with Crippen LogP contribution in [0.25, 0.3) is 0 Å². The lowest BCUT2D eigenvalue weighted by molar-refractivity contribution is -0.274. The molecule has 2 aromatic carbocycles. The van der Waals surface area contributed by atoms with Crippen molar-refractivity contribution in [3.63, 3.8) is 0 Å². The number of halogens is 4. The third-order valence-corrected chi connectivity index (χ3v) is 6.37. The van der Waals surface area contributed by atoms with Gasteiger partial charge in [0, 0.05) is 39.7 Å². The van der Waals surface area contributed by atoms with Crippen molar-refractivity contribution >= 4 is 21.6 Å². The molecule has 1 N–H and O–H groups in total. The topological polar surface area (TPSA) is 79.0 Å². The summed E-state index contributed by atoms with van der Waals surface area (Å²) in [6.07, 6.45) is -5.07. The van der Waals surface area contributed by atoms with E-state index >= 15 is 0 Å². The van der Waals surface area contributed by atoms with Crippen LogP contribution in [-0.4, -0.2) is 62.4 Å². The number of benzene rings is 2. The first-order chi connectivity index (χ1) is 15.5. The Labute approximate surface area is 190 Å². The first kappa shape index (κ1) is 24.8. The van der Waals surface area contributed by atoms with E-state index in [2.05, 4.69) is 9.64 Å². The molecule has 1 aliphatic heterocycles. The van der Waals surface area contributed by atoms with Crippen LogP contribution in [0.1, 0.15) is 24.3 Å². The van der Waals surface area contributed by atoms with Crippen LogP contribution in [0.4, 0.5) is 23.2 Å². The van der Waals surface area contributed by atoms with Gasteiger partial charge in [-0.1, -0.05) is 12.1 Å². The molecule has 7 nitrogen and oxygen atoms in total. The molecule has 1 heterocycles. The minimum atomic E-state index is -5.07. The molecule has 182 valence electrons. The first-order valence-corrected chi connectivity index (χ1v) is 11.8. The molecule has 2 aromatic rings. The molecule has 0 saturated carbocycles. The number of rotatable bonds is 7. The van der Waals surface area contributed by atoms with Crippen LogP contribution in [0.3, 0.4) is 0 Å². The molecule has 0 radical (unpaired) electrons. The number of carbonyl (C=O) groups is 1. The van der Waals surface area contributed by atoms with Crippen molar-refractivity contribution in [2.24, 2.45) is 0 Å². The molecule has 1 saturated heterocycles. The van der Waals surface area contributed by atoms with Crippen molar-refractivity contribution in [1.82, 2.24) is 9.80 Å². The second-order valence-electron chi connectivity index (χ2n) is 7.46. The molecule has 1 fully saturated rings. The Morgan fingerprint density at radius 1 is 1.09 bits per heavy atom. The van der Waals surface area contributed by atoms with E-state index < -0.39 is 33.7 Å². The van der Waals surface area contributed by atoms with E-state index in [0.717, 1.165) is 17.7 Å². The molecule has 1 amide bonds. The second kappa shape index (κ2) is 9.96. The van der Waals surface area contributed by atoms with E-state index in [0.29, 0.717) is 32.7 Å². The summed E-state index contributed by atoms with van der Waals surface area (Å²) in [4.78, 5) is 16.4. The third-order valence-electron chi connectivity index (χ3n) is 5.08. The van der Waals surface area contributed by atoms with E-state index in [4.69, 9.17) is 0 Å². The van der Waals surface area contributed by atoms with Gasteiger partial charge in [0.25, 0.3) is 5.91 Å². The van der Waals surface area contributed by atoms with Crippen LogP contribution in [0.2, 0.25) is 0 Å². The van der Waals surface area contributed by atoms with Crippen LogP contribution in [0.5, 0.6) is 5.75 Å². The third kappa shape index (κ3) is 7.06. The fraction of sp³-hybridized carbons (Fsp3) is 0.381. The summed E-state index contributed by atoms with van der Waals surface area (Å²) in [7, 11) is -3.86. The van der Waals surface area contributed by atoms with Gasteiger partial charge in [-0.3, -0.25) is 14.4 Å². The maximum absolute atomic E-state index is 13.0. The summed E-state index contributed by atoms with van der Waals surface area (Å²) >= 11 is 0. The molecular formula is C21H25F4N3O4S. The summed E-state index contributed by atoms with van der Waals surface area (Å²) in [5.74, 6) is -1.97. The van der Waals surface area contributed by atoms with Crippen molar-refractivity contribution in [3.05, 3.63) is 59.4 Å². The molecule has 12 heteroatoms. The Morgan fingerprint density at radius 2 is 1.73 bits per heavy atom. The molecule has 0 atom stereocenters. The SMILES string of the molecule is CCS(=O)(=O)Nc1ccc(C(=O)N2CCN(Cc3ccc(F)cc3)CC2)cc1OC(F)(F)F.[HH]. The van der Waals surface area contributed by atoms with Gasteiger partial charge in [-0.2, -0.15) is 0 Å². The van der Waals surface area contributed by atoms with Crippen LogP contribution in [-0.2, 0) is 16.6 Å². The number of alkyl halides is 3. The van der Waals surface area contributed by atoms with Crippen molar-refractivity contribution in [1.29, 1.82) is 0 Å². The fourth-order valence-corrected chi connectivity index (χ4v) is 3.98. The first-order valence-electron chi connectivity index (χ1n) is 10.1. The van der Waals surface area contributed by atoms with Crippen LogP contribution >= 0.6 is 0 Å².